The molecule has 1 saturated heterocycles. The van der Waals surface area contributed by atoms with Crippen molar-refractivity contribution in [2.24, 2.45) is 0 Å². The van der Waals surface area contributed by atoms with E-state index in [-0.39, 0.29) is 18.0 Å². The highest BCUT2D eigenvalue weighted by atomic mass is 35.5. The molecule has 7 nitrogen and oxygen atoms in total. The summed E-state index contributed by atoms with van der Waals surface area (Å²) in [4.78, 5) is 15.5. The van der Waals surface area contributed by atoms with Crippen LogP contribution in [0.5, 0.6) is 0 Å². The second kappa shape index (κ2) is 9.90. The molecule has 35 heavy (non-hydrogen) atoms. The number of fused-ring (bicyclic) bond motifs is 1. The van der Waals surface area contributed by atoms with Gasteiger partial charge in [-0.2, -0.15) is 10.2 Å². The number of rotatable bonds is 6. The summed E-state index contributed by atoms with van der Waals surface area (Å²) in [5.41, 5.74) is 4.76. The van der Waals surface area contributed by atoms with Gasteiger partial charge in [-0.1, -0.05) is 12.1 Å². The first kappa shape index (κ1) is 23.1. The van der Waals surface area contributed by atoms with Gasteiger partial charge in [-0.25, -0.2) is 4.68 Å². The van der Waals surface area contributed by atoms with Gasteiger partial charge in [-0.05, 0) is 79.5 Å². The zero-order chi connectivity index (χ0) is 22.9. The quantitative estimate of drug-likeness (QED) is 0.353. The molecular weight excluding hydrogens is 460 g/mol. The van der Waals surface area contributed by atoms with Crippen LogP contribution in [0.3, 0.4) is 0 Å². The van der Waals surface area contributed by atoms with Crippen molar-refractivity contribution in [3.63, 3.8) is 0 Å². The van der Waals surface area contributed by atoms with Crippen LogP contribution in [0.1, 0.15) is 12.8 Å². The Morgan fingerprint density at radius 2 is 1.60 bits per heavy atom. The lowest BCUT2D eigenvalue weighted by Crippen LogP contribution is -2.24. The molecule has 0 atom stereocenters. The predicted molar refractivity (Wildman–Crippen MR) is 141 cm³/mol. The van der Waals surface area contributed by atoms with E-state index in [0.717, 1.165) is 46.5 Å². The predicted octanol–water partition coefficient (Wildman–Crippen LogP) is 4.56. The largest absolute Gasteiger partial charge is 0.301 e. The van der Waals surface area contributed by atoms with Gasteiger partial charge < -0.3 is 4.90 Å². The minimum Gasteiger partial charge on any atom is -0.301 e. The third kappa shape index (κ3) is 4.65. The molecule has 3 aromatic heterocycles. The van der Waals surface area contributed by atoms with E-state index in [0.29, 0.717) is 0 Å². The van der Waals surface area contributed by atoms with E-state index < -0.39 is 0 Å². The van der Waals surface area contributed by atoms with Crippen LogP contribution in [-0.4, -0.2) is 48.7 Å². The number of nitrogens with zero attached hydrogens (tertiary/aromatic N) is 6. The first-order chi connectivity index (χ1) is 16.7. The zero-order valence-corrected chi connectivity index (χ0v) is 20.1. The minimum atomic E-state index is -0.0607. The van der Waals surface area contributed by atoms with Gasteiger partial charge in [0.2, 0.25) is 0 Å². The smallest absolute Gasteiger partial charge is 0.255 e. The van der Waals surface area contributed by atoms with Gasteiger partial charge in [0.15, 0.2) is 0 Å². The summed E-state index contributed by atoms with van der Waals surface area (Å²) in [6.07, 6.45) is 10.00. The van der Waals surface area contributed by atoms with Crippen molar-refractivity contribution < 1.29 is 0 Å². The number of pyridine rings is 1. The first-order valence-electron chi connectivity index (χ1n) is 11.8. The fourth-order valence-electron chi connectivity index (χ4n) is 4.74. The second-order valence-electron chi connectivity index (χ2n) is 8.78. The molecule has 0 amide bonds. The molecule has 0 aliphatic carbocycles. The summed E-state index contributed by atoms with van der Waals surface area (Å²) < 4.78 is 5.56. The molecule has 0 N–H and O–H groups in total. The maximum absolute atomic E-state index is 13.0. The lowest BCUT2D eigenvalue weighted by Gasteiger charge is -2.14. The Kier molecular flexibility index (Phi) is 6.53. The number of benzene rings is 2. The molecule has 6 rings (SSSR count). The summed E-state index contributed by atoms with van der Waals surface area (Å²) in [5.74, 6) is 0. The average molecular weight is 487 g/mol. The zero-order valence-electron chi connectivity index (χ0n) is 19.3. The van der Waals surface area contributed by atoms with E-state index in [4.69, 9.17) is 0 Å². The van der Waals surface area contributed by atoms with Crippen LogP contribution in [0, 0.1) is 0 Å². The molecule has 2 aromatic carbocycles. The van der Waals surface area contributed by atoms with Crippen molar-refractivity contribution in [2.75, 3.05) is 19.6 Å². The summed E-state index contributed by atoms with van der Waals surface area (Å²) in [6, 6.07) is 19.7. The average Bonchev–Trinajstić information content (AvgIpc) is 3.65. The summed E-state index contributed by atoms with van der Waals surface area (Å²) >= 11 is 0. The van der Waals surface area contributed by atoms with Crippen molar-refractivity contribution in [3.05, 3.63) is 95.8 Å². The lowest BCUT2D eigenvalue weighted by atomic mass is 10.1. The van der Waals surface area contributed by atoms with Gasteiger partial charge in [0.25, 0.3) is 5.56 Å². The molecule has 1 fully saturated rings. The van der Waals surface area contributed by atoms with Gasteiger partial charge in [0.05, 0.1) is 23.9 Å². The maximum Gasteiger partial charge on any atom is 0.255 e. The fraction of sp³-hybridized carbons (Fsp3) is 0.222. The Morgan fingerprint density at radius 3 is 2.34 bits per heavy atom. The van der Waals surface area contributed by atoms with Crippen LogP contribution in [0.4, 0.5) is 0 Å². The number of aromatic nitrogens is 5. The Morgan fingerprint density at radius 1 is 0.800 bits per heavy atom. The van der Waals surface area contributed by atoms with E-state index in [9.17, 15) is 4.79 Å². The van der Waals surface area contributed by atoms with Crippen LogP contribution in [-0.2, 0) is 6.54 Å². The third-order valence-electron chi connectivity index (χ3n) is 6.62. The highest BCUT2D eigenvalue weighted by Gasteiger charge is 2.12. The van der Waals surface area contributed by atoms with Crippen LogP contribution < -0.4 is 5.56 Å². The third-order valence-corrected chi connectivity index (χ3v) is 6.62. The van der Waals surface area contributed by atoms with E-state index >= 15 is 0 Å². The number of halogens is 1. The molecule has 0 unspecified atom stereocenters. The number of hydrogen-bond acceptors (Lipinski definition) is 4. The van der Waals surface area contributed by atoms with Crippen LogP contribution in [0.15, 0.2) is 90.2 Å². The molecule has 0 spiro atoms. The summed E-state index contributed by atoms with van der Waals surface area (Å²) in [6.45, 7) is 4.30. The SMILES string of the molecule is Cl.O=c1cc(-c2ccc(-n3cccn3)cc2)ccn1-c1ccc2c(cnn2CCN2CCCC2)c1. The molecule has 1 aliphatic rings. The fourth-order valence-corrected chi connectivity index (χ4v) is 4.74. The first-order valence-corrected chi connectivity index (χ1v) is 11.8. The molecule has 8 heteroatoms. The van der Waals surface area contributed by atoms with Crippen LogP contribution >= 0.6 is 12.4 Å². The van der Waals surface area contributed by atoms with Gasteiger partial charge in [0.1, 0.15) is 0 Å². The summed E-state index contributed by atoms with van der Waals surface area (Å²) in [5, 5.41) is 9.89. The van der Waals surface area contributed by atoms with Gasteiger partial charge in [-0.15, -0.1) is 12.4 Å². The van der Waals surface area contributed by atoms with E-state index in [1.165, 1.54) is 25.9 Å². The van der Waals surface area contributed by atoms with Gasteiger partial charge in [0, 0.05) is 42.3 Å². The van der Waals surface area contributed by atoms with E-state index in [2.05, 4.69) is 25.8 Å². The Bertz CT molecular complexity index is 1480. The Labute approximate surface area is 209 Å². The van der Waals surface area contributed by atoms with Crippen molar-refractivity contribution in [1.82, 2.24) is 29.0 Å². The minimum absolute atomic E-state index is 0. The van der Waals surface area contributed by atoms with Crippen molar-refractivity contribution in [3.8, 4) is 22.5 Å². The molecule has 5 aromatic rings. The maximum atomic E-state index is 13.0. The molecule has 0 radical (unpaired) electrons. The van der Waals surface area contributed by atoms with Crippen LogP contribution in [0.2, 0.25) is 0 Å². The Hall–Kier alpha value is -3.68. The standard InChI is InChI=1S/C27H26N6O.ClH/c34-27-19-22(21-4-6-24(7-5-21)32-14-3-11-28-32)10-15-31(27)25-8-9-26-23(18-25)20-29-33(26)17-16-30-12-1-2-13-30;/h3-11,14-15,18-20H,1-2,12-13,16-17H2;1H. The number of hydrogen-bond donors (Lipinski definition) is 0. The van der Waals surface area contributed by atoms with Crippen LogP contribution in [0.25, 0.3) is 33.4 Å². The topological polar surface area (TPSA) is 60.9 Å². The normalized spacial score (nSPS) is 13.8. The highest BCUT2D eigenvalue weighted by molar-refractivity contribution is 5.85. The molecule has 1 aliphatic heterocycles. The molecule has 0 saturated carbocycles. The molecule has 4 heterocycles. The molecule has 178 valence electrons. The van der Waals surface area contributed by atoms with Gasteiger partial charge >= 0.3 is 0 Å². The summed E-state index contributed by atoms with van der Waals surface area (Å²) in [7, 11) is 0. The molecule has 0 bridgehead atoms. The second-order valence-corrected chi connectivity index (χ2v) is 8.78. The molecular formula is C27H27ClN6O. The van der Waals surface area contributed by atoms with Crippen molar-refractivity contribution in [2.45, 2.75) is 19.4 Å². The van der Waals surface area contributed by atoms with Crippen molar-refractivity contribution in [1.29, 1.82) is 0 Å². The van der Waals surface area contributed by atoms with Crippen molar-refractivity contribution >= 4 is 23.3 Å². The van der Waals surface area contributed by atoms with E-state index in [1.54, 1.807) is 16.8 Å². The van der Waals surface area contributed by atoms with E-state index in [1.807, 2.05) is 71.8 Å². The van der Waals surface area contributed by atoms with Gasteiger partial charge in [-0.3, -0.25) is 14.0 Å². The highest BCUT2D eigenvalue weighted by Crippen LogP contribution is 2.22. The number of likely N-dealkylation sites (tertiary alicyclic amines) is 1. The lowest BCUT2D eigenvalue weighted by molar-refractivity contribution is 0.318. The Balaban J connectivity index is 0.00000253. The monoisotopic (exact) mass is 486 g/mol.